The second-order valence-corrected chi connectivity index (χ2v) is 13.4. The average Bonchev–Trinajstić information content (AvgIpc) is 3.61. The third kappa shape index (κ3) is 10.2. The zero-order valence-corrected chi connectivity index (χ0v) is 29.0. The van der Waals surface area contributed by atoms with E-state index >= 15 is 0 Å². The highest BCUT2D eigenvalue weighted by molar-refractivity contribution is 7.99. The van der Waals surface area contributed by atoms with E-state index in [0.717, 1.165) is 46.4 Å². The number of carboxylic acid groups (broad SMARTS) is 1. The zero-order chi connectivity index (χ0) is 35.4. The Hall–Kier alpha value is -4.74. The molecule has 5 aromatic rings. The third-order valence-corrected chi connectivity index (χ3v) is 9.56. The summed E-state index contributed by atoms with van der Waals surface area (Å²) in [7, 11) is 0. The monoisotopic (exact) mass is 707 g/mol. The molecule has 1 fully saturated rings. The van der Waals surface area contributed by atoms with Gasteiger partial charge in [0.05, 0.1) is 18.8 Å². The van der Waals surface area contributed by atoms with E-state index in [1.165, 1.54) is 11.8 Å². The minimum atomic E-state index is -0.801. The number of carboxylic acids is 1. The molecule has 2 heterocycles. The van der Waals surface area contributed by atoms with E-state index in [1.807, 2.05) is 97.1 Å². The lowest BCUT2D eigenvalue weighted by Gasteiger charge is -2.36. The Morgan fingerprint density at radius 3 is 2.08 bits per heavy atom. The van der Waals surface area contributed by atoms with Crippen LogP contribution >= 0.6 is 11.8 Å². The Morgan fingerprint density at radius 1 is 0.765 bits per heavy atom. The van der Waals surface area contributed by atoms with Crippen molar-refractivity contribution >= 4 is 23.7 Å². The highest BCUT2D eigenvalue weighted by Gasteiger charge is 2.33. The molecule has 2 N–H and O–H groups in total. The van der Waals surface area contributed by atoms with Gasteiger partial charge in [0.25, 0.3) is 5.22 Å². The van der Waals surface area contributed by atoms with Gasteiger partial charge in [-0.1, -0.05) is 122 Å². The summed E-state index contributed by atoms with van der Waals surface area (Å²) < 4.78 is 24.9. The van der Waals surface area contributed by atoms with Crippen LogP contribution in [0.4, 0.5) is 0 Å². The van der Waals surface area contributed by atoms with Crippen molar-refractivity contribution in [3.63, 3.8) is 0 Å². The number of nitrogens with zero attached hydrogens (tertiary/aromatic N) is 1. The molecule has 4 aromatic carbocycles. The Bertz CT molecular complexity index is 1790. The number of aromatic nitrogens is 1. The smallest absolute Gasteiger partial charge is 0.311 e. The summed E-state index contributed by atoms with van der Waals surface area (Å²) in [6.45, 7) is -0.0351. The van der Waals surface area contributed by atoms with Gasteiger partial charge < -0.3 is 28.8 Å². The number of ether oxygens (including phenoxy) is 3. The van der Waals surface area contributed by atoms with Crippen LogP contribution in [0.2, 0.25) is 0 Å². The van der Waals surface area contributed by atoms with Gasteiger partial charge in [0, 0.05) is 41.7 Å². The maximum Gasteiger partial charge on any atom is 0.311 e. The number of aliphatic hydroxyl groups is 1. The van der Waals surface area contributed by atoms with Gasteiger partial charge in [-0.25, -0.2) is 4.98 Å². The summed E-state index contributed by atoms with van der Waals surface area (Å²) in [5.74, 6) is 0.589. The summed E-state index contributed by atoms with van der Waals surface area (Å²) in [6, 6.07) is 34.9. The molecule has 0 aliphatic carbocycles. The van der Waals surface area contributed by atoms with E-state index < -0.39 is 12.3 Å². The first-order valence-corrected chi connectivity index (χ1v) is 18.2. The summed E-state index contributed by atoms with van der Waals surface area (Å²) in [5.41, 5.74) is 5.31. The lowest BCUT2D eigenvalue weighted by Crippen LogP contribution is -2.31. The van der Waals surface area contributed by atoms with Gasteiger partial charge in [-0.2, -0.15) is 0 Å². The maximum atomic E-state index is 12.4. The molecular formula is C41H41NO8S. The molecule has 0 amide bonds. The molecule has 1 aliphatic heterocycles. The van der Waals surface area contributed by atoms with Gasteiger partial charge in [-0.15, -0.1) is 0 Å². The number of thioether (sulfide) groups is 1. The highest BCUT2D eigenvalue weighted by Crippen LogP contribution is 2.41. The lowest BCUT2D eigenvalue weighted by atomic mass is 10.0. The fourth-order valence-electron chi connectivity index (χ4n) is 5.90. The van der Waals surface area contributed by atoms with Crippen molar-refractivity contribution in [2.45, 2.75) is 75.3 Å². The van der Waals surface area contributed by atoms with Gasteiger partial charge in [0.1, 0.15) is 11.4 Å². The molecule has 0 unspecified atom stereocenters. The standard InChI is InChI=1S/C41H41NO8S/c43-26-28-17-19-29(20-18-28)35-25-34(27-51-41-42-38(30-11-5-3-6-12-30)39(50-41)31-13-7-4-8-14-31)48-40(49-35)32-21-23-33(24-22-32)47-37(46)16-10-2-1-9-15-36(44)45/h3-8,11-14,17-24,34-35,40,43H,1-2,9-10,15-16,25-27H2,(H,44,45)/t34-,35+,40+/m1/s1. The second kappa shape index (κ2) is 18.0. The Morgan fingerprint density at radius 2 is 1.41 bits per heavy atom. The van der Waals surface area contributed by atoms with Crippen molar-refractivity contribution in [1.29, 1.82) is 0 Å². The fourth-order valence-corrected chi connectivity index (χ4v) is 6.74. The number of unbranched alkanes of at least 4 members (excludes halogenated alkanes) is 3. The SMILES string of the molecule is O=C(O)CCCCCCC(=O)Oc1ccc([C@H]2O[C@@H](CSc3nc(-c4ccccc4)c(-c4ccccc4)o3)C[C@@H](c3ccc(CO)cc3)O2)cc1. The van der Waals surface area contributed by atoms with Crippen LogP contribution in [0.3, 0.4) is 0 Å². The van der Waals surface area contributed by atoms with E-state index in [1.54, 1.807) is 12.1 Å². The number of aliphatic hydroxyl groups excluding tert-OH is 1. The van der Waals surface area contributed by atoms with Crippen molar-refractivity contribution in [2.75, 3.05) is 5.75 Å². The van der Waals surface area contributed by atoms with E-state index in [4.69, 9.17) is 28.7 Å². The Balaban J connectivity index is 1.13. The molecule has 1 aromatic heterocycles. The number of hydrogen-bond donors (Lipinski definition) is 2. The van der Waals surface area contributed by atoms with Crippen LogP contribution in [0, 0.1) is 0 Å². The molecule has 10 heteroatoms. The normalized spacial score (nSPS) is 17.2. The van der Waals surface area contributed by atoms with Crippen LogP contribution in [-0.4, -0.2) is 39.0 Å². The fraction of sp³-hybridized carbons (Fsp3) is 0.293. The van der Waals surface area contributed by atoms with Crippen molar-refractivity contribution < 1.29 is 38.4 Å². The van der Waals surface area contributed by atoms with Crippen LogP contribution in [0.1, 0.15) is 74.0 Å². The van der Waals surface area contributed by atoms with E-state index in [9.17, 15) is 14.7 Å². The summed E-state index contributed by atoms with van der Waals surface area (Å²) >= 11 is 1.50. The van der Waals surface area contributed by atoms with E-state index in [2.05, 4.69) is 0 Å². The molecule has 264 valence electrons. The summed E-state index contributed by atoms with van der Waals surface area (Å²) in [4.78, 5) is 28.0. The number of oxazole rings is 1. The van der Waals surface area contributed by atoms with Crippen molar-refractivity contribution in [1.82, 2.24) is 4.98 Å². The average molecular weight is 708 g/mol. The van der Waals surface area contributed by atoms with E-state index in [0.29, 0.717) is 41.7 Å². The summed E-state index contributed by atoms with van der Waals surface area (Å²) in [5, 5.41) is 18.9. The van der Waals surface area contributed by atoms with Crippen molar-refractivity contribution in [3.05, 3.63) is 126 Å². The number of benzene rings is 4. The van der Waals surface area contributed by atoms with Gasteiger partial charge in [-0.05, 0) is 36.1 Å². The Kier molecular flexibility index (Phi) is 12.7. The number of carbonyl (C=O) groups excluding carboxylic acids is 1. The molecule has 51 heavy (non-hydrogen) atoms. The molecule has 1 saturated heterocycles. The van der Waals surface area contributed by atoms with Crippen molar-refractivity contribution in [2.24, 2.45) is 0 Å². The molecule has 0 radical (unpaired) electrons. The van der Waals surface area contributed by atoms with E-state index in [-0.39, 0.29) is 37.6 Å². The number of esters is 1. The lowest BCUT2D eigenvalue weighted by molar-refractivity contribution is -0.245. The first kappa shape index (κ1) is 36.1. The molecule has 0 bridgehead atoms. The van der Waals surface area contributed by atoms with Crippen molar-refractivity contribution in [3.8, 4) is 28.3 Å². The quantitative estimate of drug-likeness (QED) is 0.0443. The van der Waals surface area contributed by atoms with Gasteiger partial charge in [0.2, 0.25) is 0 Å². The summed E-state index contributed by atoms with van der Waals surface area (Å²) in [6.07, 6.45) is 2.67. The number of carbonyl (C=O) groups is 2. The predicted molar refractivity (Wildman–Crippen MR) is 194 cm³/mol. The molecule has 1 aliphatic rings. The van der Waals surface area contributed by atoms with Gasteiger partial charge in [0.15, 0.2) is 12.1 Å². The van der Waals surface area contributed by atoms with Gasteiger partial charge in [-0.3, -0.25) is 9.59 Å². The number of aliphatic carboxylic acids is 1. The highest BCUT2D eigenvalue weighted by atomic mass is 32.2. The molecule has 9 nitrogen and oxygen atoms in total. The number of hydrogen-bond acceptors (Lipinski definition) is 9. The molecule has 6 rings (SSSR count). The molecular weight excluding hydrogens is 667 g/mol. The maximum absolute atomic E-state index is 12.4. The molecule has 0 spiro atoms. The molecule has 0 saturated carbocycles. The largest absolute Gasteiger partial charge is 0.481 e. The minimum Gasteiger partial charge on any atom is -0.481 e. The number of rotatable bonds is 16. The zero-order valence-electron chi connectivity index (χ0n) is 28.2. The van der Waals surface area contributed by atoms with Gasteiger partial charge >= 0.3 is 11.9 Å². The first-order chi connectivity index (χ1) is 24.9. The predicted octanol–water partition coefficient (Wildman–Crippen LogP) is 9.17. The third-order valence-electron chi connectivity index (χ3n) is 8.60. The topological polar surface area (TPSA) is 128 Å². The van der Waals surface area contributed by atoms with Crippen LogP contribution in [-0.2, 0) is 25.7 Å². The van der Waals surface area contributed by atoms with Crippen LogP contribution < -0.4 is 4.74 Å². The van der Waals surface area contributed by atoms with Crippen LogP contribution in [0.15, 0.2) is 119 Å². The first-order valence-electron chi connectivity index (χ1n) is 17.2. The minimum absolute atomic E-state index is 0.0351. The second-order valence-electron chi connectivity index (χ2n) is 12.4. The van der Waals surface area contributed by atoms with Crippen LogP contribution in [0.25, 0.3) is 22.6 Å². The molecule has 3 atom stereocenters. The Labute approximate surface area is 301 Å². The van der Waals surface area contributed by atoms with Crippen LogP contribution in [0.5, 0.6) is 5.75 Å².